The summed E-state index contributed by atoms with van der Waals surface area (Å²) in [6.07, 6.45) is 5.76. The molecule has 0 bridgehead atoms. The van der Waals surface area contributed by atoms with Gasteiger partial charge < -0.3 is 9.64 Å². The second kappa shape index (κ2) is 7.77. The van der Waals surface area contributed by atoms with Gasteiger partial charge in [-0.15, -0.1) is 0 Å². The SMILES string of the molecule is CN(CCc1ccncc1)c1ccc(NC(=O)OC(C)(C)C)nc1. The van der Waals surface area contributed by atoms with Crippen LogP contribution >= 0.6 is 0 Å². The molecule has 0 aliphatic carbocycles. The van der Waals surface area contributed by atoms with Gasteiger partial charge in [0.1, 0.15) is 11.4 Å². The number of aromatic nitrogens is 2. The highest BCUT2D eigenvalue weighted by Gasteiger charge is 2.16. The number of likely N-dealkylation sites (N-methyl/N-ethyl adjacent to an activating group) is 1. The van der Waals surface area contributed by atoms with Gasteiger partial charge >= 0.3 is 6.09 Å². The number of amides is 1. The molecule has 0 aliphatic rings. The fraction of sp³-hybridized carbons (Fsp3) is 0.389. The molecule has 0 aromatic carbocycles. The number of pyridine rings is 2. The van der Waals surface area contributed by atoms with Crippen molar-refractivity contribution in [3.63, 3.8) is 0 Å². The fourth-order valence-electron chi connectivity index (χ4n) is 2.07. The number of hydrogen-bond donors (Lipinski definition) is 1. The minimum atomic E-state index is -0.531. The molecule has 0 saturated heterocycles. The summed E-state index contributed by atoms with van der Waals surface area (Å²) >= 11 is 0. The van der Waals surface area contributed by atoms with E-state index in [9.17, 15) is 4.79 Å². The topological polar surface area (TPSA) is 67.4 Å². The third kappa shape index (κ3) is 5.87. The maximum Gasteiger partial charge on any atom is 0.413 e. The van der Waals surface area contributed by atoms with Crippen LogP contribution in [-0.4, -0.2) is 35.3 Å². The van der Waals surface area contributed by atoms with Gasteiger partial charge in [-0.1, -0.05) is 0 Å². The Labute approximate surface area is 142 Å². The lowest BCUT2D eigenvalue weighted by molar-refractivity contribution is 0.0635. The minimum Gasteiger partial charge on any atom is -0.444 e. The van der Waals surface area contributed by atoms with Crippen LogP contribution in [0.2, 0.25) is 0 Å². The normalized spacial score (nSPS) is 11.0. The van der Waals surface area contributed by atoms with Crippen molar-refractivity contribution in [3.05, 3.63) is 48.4 Å². The van der Waals surface area contributed by atoms with Gasteiger partial charge in [-0.25, -0.2) is 9.78 Å². The third-order valence-corrected chi connectivity index (χ3v) is 3.30. The Balaban J connectivity index is 1.88. The summed E-state index contributed by atoms with van der Waals surface area (Å²) in [7, 11) is 2.01. The van der Waals surface area contributed by atoms with Crippen LogP contribution < -0.4 is 10.2 Å². The van der Waals surface area contributed by atoms with Crippen molar-refractivity contribution in [2.45, 2.75) is 32.8 Å². The van der Waals surface area contributed by atoms with Crippen molar-refractivity contribution in [2.24, 2.45) is 0 Å². The lowest BCUT2D eigenvalue weighted by Crippen LogP contribution is -2.27. The number of nitrogens with zero attached hydrogens (tertiary/aromatic N) is 3. The Hall–Kier alpha value is -2.63. The van der Waals surface area contributed by atoms with E-state index in [0.29, 0.717) is 5.82 Å². The number of hydrogen-bond acceptors (Lipinski definition) is 5. The summed E-state index contributed by atoms with van der Waals surface area (Å²) in [5.74, 6) is 0.468. The van der Waals surface area contributed by atoms with Gasteiger partial charge in [0.15, 0.2) is 0 Å². The Bertz CT molecular complexity index is 651. The van der Waals surface area contributed by atoms with Crippen LogP contribution in [0.15, 0.2) is 42.9 Å². The molecular formula is C18H24N4O2. The number of carbonyl (C=O) groups is 1. The van der Waals surface area contributed by atoms with Crippen molar-refractivity contribution in [1.82, 2.24) is 9.97 Å². The van der Waals surface area contributed by atoms with Gasteiger partial charge in [-0.2, -0.15) is 0 Å². The first-order valence-electron chi connectivity index (χ1n) is 7.89. The predicted molar refractivity (Wildman–Crippen MR) is 95.3 cm³/mol. The maximum absolute atomic E-state index is 11.7. The molecule has 2 aromatic heterocycles. The van der Waals surface area contributed by atoms with E-state index in [-0.39, 0.29) is 0 Å². The molecule has 1 N–H and O–H groups in total. The lowest BCUT2D eigenvalue weighted by Gasteiger charge is -2.20. The molecular weight excluding hydrogens is 304 g/mol. The standard InChI is InChI=1S/C18H24N4O2/c1-18(2,3)24-17(23)21-16-6-5-15(13-20-16)22(4)12-9-14-7-10-19-11-8-14/h5-8,10-11,13H,9,12H2,1-4H3,(H,20,21,23). The fourth-order valence-corrected chi connectivity index (χ4v) is 2.07. The van der Waals surface area contributed by atoms with Gasteiger partial charge in [0.25, 0.3) is 0 Å². The second-order valence-corrected chi connectivity index (χ2v) is 6.56. The lowest BCUT2D eigenvalue weighted by atomic mass is 10.2. The van der Waals surface area contributed by atoms with Crippen LogP contribution in [0.25, 0.3) is 0 Å². The Morgan fingerprint density at radius 1 is 1.21 bits per heavy atom. The quantitative estimate of drug-likeness (QED) is 0.910. The molecule has 0 unspecified atom stereocenters. The predicted octanol–water partition coefficient (Wildman–Crippen LogP) is 3.50. The molecule has 0 spiro atoms. The molecule has 2 rings (SSSR count). The number of carbonyl (C=O) groups excluding carboxylic acids is 1. The van der Waals surface area contributed by atoms with Crippen LogP contribution in [0.4, 0.5) is 16.3 Å². The minimum absolute atomic E-state index is 0.468. The monoisotopic (exact) mass is 328 g/mol. The maximum atomic E-state index is 11.7. The van der Waals surface area contributed by atoms with Crippen molar-refractivity contribution < 1.29 is 9.53 Å². The number of anilines is 2. The largest absolute Gasteiger partial charge is 0.444 e. The molecule has 0 fully saturated rings. The second-order valence-electron chi connectivity index (χ2n) is 6.56. The summed E-state index contributed by atoms with van der Waals surface area (Å²) in [5.41, 5.74) is 1.70. The van der Waals surface area contributed by atoms with Crippen LogP contribution in [0, 0.1) is 0 Å². The summed E-state index contributed by atoms with van der Waals surface area (Å²) in [5, 5.41) is 2.62. The highest BCUT2D eigenvalue weighted by molar-refractivity contribution is 5.83. The first-order valence-corrected chi connectivity index (χ1v) is 7.89. The molecule has 2 heterocycles. The van der Waals surface area contributed by atoms with E-state index in [1.165, 1.54) is 5.56 Å². The molecule has 2 aromatic rings. The van der Waals surface area contributed by atoms with Crippen molar-refractivity contribution in [3.8, 4) is 0 Å². The smallest absolute Gasteiger partial charge is 0.413 e. The van der Waals surface area contributed by atoms with Crippen LogP contribution in [0.5, 0.6) is 0 Å². The molecule has 6 heteroatoms. The average molecular weight is 328 g/mol. The van der Waals surface area contributed by atoms with Gasteiger partial charge in [-0.3, -0.25) is 10.3 Å². The van der Waals surface area contributed by atoms with E-state index in [2.05, 4.69) is 20.2 Å². The summed E-state index contributed by atoms with van der Waals surface area (Å²) < 4.78 is 5.20. The van der Waals surface area contributed by atoms with E-state index in [1.54, 1.807) is 24.7 Å². The Kier molecular flexibility index (Phi) is 5.73. The van der Waals surface area contributed by atoms with Crippen molar-refractivity contribution in [2.75, 3.05) is 23.8 Å². The highest BCUT2D eigenvalue weighted by Crippen LogP contribution is 2.15. The Morgan fingerprint density at radius 2 is 1.92 bits per heavy atom. The number of ether oxygens (including phenoxy) is 1. The third-order valence-electron chi connectivity index (χ3n) is 3.30. The number of rotatable bonds is 5. The van der Waals surface area contributed by atoms with Crippen LogP contribution in [0.3, 0.4) is 0 Å². The van der Waals surface area contributed by atoms with E-state index in [4.69, 9.17) is 4.74 Å². The molecule has 24 heavy (non-hydrogen) atoms. The van der Waals surface area contributed by atoms with E-state index in [0.717, 1.165) is 18.7 Å². The molecule has 128 valence electrons. The van der Waals surface area contributed by atoms with Crippen LogP contribution in [-0.2, 0) is 11.2 Å². The van der Waals surface area contributed by atoms with Crippen LogP contribution in [0.1, 0.15) is 26.3 Å². The summed E-state index contributed by atoms with van der Waals surface area (Å²) in [6, 6.07) is 7.72. The van der Waals surface area contributed by atoms with Crippen molar-refractivity contribution >= 4 is 17.6 Å². The molecule has 0 aliphatic heterocycles. The van der Waals surface area contributed by atoms with Gasteiger partial charge in [-0.05, 0) is 57.0 Å². The molecule has 6 nitrogen and oxygen atoms in total. The highest BCUT2D eigenvalue weighted by atomic mass is 16.6. The zero-order chi connectivity index (χ0) is 17.6. The first kappa shape index (κ1) is 17.7. The summed E-state index contributed by atoms with van der Waals surface area (Å²) in [4.78, 5) is 22.1. The number of nitrogens with one attached hydrogen (secondary N) is 1. The Morgan fingerprint density at radius 3 is 2.50 bits per heavy atom. The zero-order valence-electron chi connectivity index (χ0n) is 14.6. The van der Waals surface area contributed by atoms with Crippen molar-refractivity contribution in [1.29, 1.82) is 0 Å². The van der Waals surface area contributed by atoms with E-state index in [1.807, 2.05) is 46.0 Å². The van der Waals surface area contributed by atoms with E-state index >= 15 is 0 Å². The van der Waals surface area contributed by atoms with Gasteiger partial charge in [0.2, 0.25) is 0 Å². The molecule has 0 radical (unpaired) electrons. The average Bonchev–Trinajstić information content (AvgIpc) is 2.52. The molecule has 1 amide bonds. The molecule has 0 atom stereocenters. The van der Waals surface area contributed by atoms with E-state index < -0.39 is 11.7 Å². The van der Waals surface area contributed by atoms with Gasteiger partial charge in [0.05, 0.1) is 11.9 Å². The first-order chi connectivity index (χ1) is 11.3. The van der Waals surface area contributed by atoms with Gasteiger partial charge in [0, 0.05) is 26.0 Å². The molecule has 0 saturated carbocycles. The zero-order valence-corrected chi connectivity index (χ0v) is 14.6. The summed E-state index contributed by atoms with van der Waals surface area (Å²) in [6.45, 7) is 6.33.